The second-order valence-corrected chi connectivity index (χ2v) is 10.9. The Morgan fingerprint density at radius 2 is 1.76 bits per heavy atom. The highest BCUT2D eigenvalue weighted by Gasteiger charge is 2.31. The zero-order chi connectivity index (χ0) is 32.7. The van der Waals surface area contributed by atoms with Crippen LogP contribution < -0.4 is 16.0 Å². The van der Waals surface area contributed by atoms with Crippen molar-refractivity contribution in [3.05, 3.63) is 84.1 Å². The van der Waals surface area contributed by atoms with Crippen LogP contribution >= 0.6 is 11.8 Å². The van der Waals surface area contributed by atoms with Gasteiger partial charge in [-0.25, -0.2) is 32.5 Å². The van der Waals surface area contributed by atoms with Crippen LogP contribution in [0.3, 0.4) is 0 Å². The highest BCUT2D eigenvalue weighted by Crippen LogP contribution is 2.33. The Kier molecular flexibility index (Phi) is 10.6. The summed E-state index contributed by atoms with van der Waals surface area (Å²) in [5.41, 5.74) is -0.977. The van der Waals surface area contributed by atoms with Crippen LogP contribution in [0.1, 0.15) is 12.5 Å². The molecule has 0 fully saturated rings. The molecule has 17 heteroatoms. The van der Waals surface area contributed by atoms with Crippen molar-refractivity contribution in [1.29, 1.82) is 0 Å². The van der Waals surface area contributed by atoms with Gasteiger partial charge in [-0.1, -0.05) is 12.1 Å². The summed E-state index contributed by atoms with van der Waals surface area (Å²) >= 11 is 1.24. The van der Waals surface area contributed by atoms with Crippen LogP contribution in [0.2, 0.25) is 0 Å². The first-order chi connectivity index (χ1) is 21.4. The number of rotatable bonds is 8. The molecule has 236 valence electrons. The van der Waals surface area contributed by atoms with Gasteiger partial charge in [-0.2, -0.15) is 13.2 Å². The van der Waals surface area contributed by atoms with Gasteiger partial charge in [0.2, 0.25) is 5.95 Å². The number of ether oxygens (including phenoxy) is 1. The molecule has 0 radical (unpaired) electrons. The van der Waals surface area contributed by atoms with Crippen LogP contribution in [0.25, 0.3) is 11.1 Å². The van der Waals surface area contributed by atoms with Crippen molar-refractivity contribution in [2.45, 2.75) is 23.0 Å². The quantitative estimate of drug-likeness (QED) is 0.0650. The molecule has 1 unspecified atom stereocenters. The van der Waals surface area contributed by atoms with Crippen LogP contribution in [-0.4, -0.2) is 39.2 Å². The SMILES string of the molecule is CCOC(=O)/N=[SH](=O)\c1cccc(Nc2ncc(-c3ccc(NC(=O)Nc4cc(C(F)(F)F)ccc4F)c(F)c3)c(SC)n2)c1. The summed E-state index contributed by atoms with van der Waals surface area (Å²) in [4.78, 5) is 32.8. The number of carbonyl (C=O) groups is 2. The van der Waals surface area contributed by atoms with Crippen molar-refractivity contribution in [2.24, 2.45) is 4.36 Å². The fourth-order valence-electron chi connectivity index (χ4n) is 3.75. The van der Waals surface area contributed by atoms with E-state index in [0.29, 0.717) is 40.0 Å². The van der Waals surface area contributed by atoms with E-state index in [0.717, 1.165) is 6.07 Å². The maximum absolute atomic E-state index is 15.0. The monoisotopic (exact) mass is 666 g/mol. The molecule has 0 bridgehead atoms. The number of anilines is 4. The van der Waals surface area contributed by atoms with E-state index in [1.807, 2.05) is 5.32 Å². The third-order valence-electron chi connectivity index (χ3n) is 5.78. The number of halogens is 5. The lowest BCUT2D eigenvalue weighted by Crippen LogP contribution is -2.21. The first-order valence-corrected chi connectivity index (χ1v) is 15.2. The minimum Gasteiger partial charge on any atom is -0.448 e. The molecule has 1 aromatic heterocycles. The van der Waals surface area contributed by atoms with Crippen molar-refractivity contribution in [2.75, 3.05) is 28.8 Å². The van der Waals surface area contributed by atoms with Crippen molar-refractivity contribution in [3.8, 4) is 11.1 Å². The van der Waals surface area contributed by atoms with E-state index in [2.05, 4.69) is 29.7 Å². The Bertz CT molecular complexity index is 1830. The van der Waals surface area contributed by atoms with Gasteiger partial charge < -0.3 is 20.7 Å². The maximum atomic E-state index is 15.0. The number of alkyl halides is 3. The molecule has 4 rings (SSSR count). The Morgan fingerprint density at radius 3 is 2.44 bits per heavy atom. The first kappa shape index (κ1) is 33.1. The summed E-state index contributed by atoms with van der Waals surface area (Å²) in [6.07, 6.45) is -2.52. The molecule has 4 aromatic rings. The number of nitrogens with one attached hydrogen (secondary N) is 3. The summed E-state index contributed by atoms with van der Waals surface area (Å²) in [7, 11) is -2.40. The van der Waals surface area contributed by atoms with Crippen LogP contribution in [0.15, 0.2) is 81.1 Å². The zero-order valence-corrected chi connectivity index (χ0v) is 25.0. The number of urea groups is 1. The van der Waals surface area contributed by atoms with E-state index in [1.54, 1.807) is 25.3 Å². The van der Waals surface area contributed by atoms with Gasteiger partial charge in [0.15, 0.2) is 0 Å². The minimum absolute atomic E-state index is 0.0950. The van der Waals surface area contributed by atoms with Gasteiger partial charge in [0.1, 0.15) is 16.7 Å². The van der Waals surface area contributed by atoms with Crippen LogP contribution in [0.4, 0.5) is 54.6 Å². The first-order valence-electron chi connectivity index (χ1n) is 12.8. The molecule has 0 aliphatic rings. The molecule has 0 spiro atoms. The van der Waals surface area contributed by atoms with Gasteiger partial charge in [-0.3, -0.25) is 0 Å². The molecule has 3 aromatic carbocycles. The van der Waals surface area contributed by atoms with Crippen molar-refractivity contribution >= 4 is 57.5 Å². The highest BCUT2D eigenvalue weighted by atomic mass is 32.2. The fraction of sp³-hybridized carbons (Fsp3) is 0.143. The third-order valence-corrected chi connectivity index (χ3v) is 7.54. The molecule has 45 heavy (non-hydrogen) atoms. The summed E-state index contributed by atoms with van der Waals surface area (Å²) in [6.45, 7) is 1.70. The lowest BCUT2D eigenvalue weighted by atomic mass is 10.1. The summed E-state index contributed by atoms with van der Waals surface area (Å²) in [5.74, 6) is -1.83. The molecular weight excluding hydrogens is 643 g/mol. The molecule has 1 heterocycles. The number of hydrogen-bond donors (Lipinski definition) is 4. The zero-order valence-electron chi connectivity index (χ0n) is 23.3. The van der Waals surface area contributed by atoms with Crippen LogP contribution in [-0.2, 0) is 21.5 Å². The van der Waals surface area contributed by atoms with Crippen LogP contribution in [0, 0.1) is 11.6 Å². The topological polar surface area (TPSA) is 135 Å². The predicted molar refractivity (Wildman–Crippen MR) is 160 cm³/mol. The van der Waals surface area contributed by atoms with Gasteiger partial charge in [-0.05, 0) is 67.3 Å². The average molecular weight is 667 g/mol. The molecule has 0 saturated heterocycles. The maximum Gasteiger partial charge on any atom is 0.441 e. The third kappa shape index (κ3) is 8.66. The van der Waals surface area contributed by atoms with E-state index < -0.39 is 51.8 Å². The number of carbonyl (C=O) groups excluding carboxylic acids is 2. The molecule has 3 amide bonds. The van der Waals surface area contributed by atoms with E-state index >= 15 is 0 Å². The molecular formula is C28H23F5N6O4S2. The molecule has 10 nitrogen and oxygen atoms in total. The Morgan fingerprint density at radius 1 is 1.00 bits per heavy atom. The minimum atomic E-state index is -4.76. The van der Waals surface area contributed by atoms with E-state index in [1.165, 1.54) is 42.2 Å². The Hall–Kier alpha value is -4.77. The van der Waals surface area contributed by atoms with Crippen molar-refractivity contribution in [1.82, 2.24) is 9.97 Å². The summed E-state index contributed by atoms with van der Waals surface area (Å²) in [6, 6.07) is 10.4. The average Bonchev–Trinajstić information content (AvgIpc) is 2.99. The smallest absolute Gasteiger partial charge is 0.441 e. The Labute approximate surface area is 259 Å². The normalized spacial score (nSPS) is 12.0. The van der Waals surface area contributed by atoms with Crippen molar-refractivity contribution < 1.29 is 40.5 Å². The molecule has 0 aliphatic heterocycles. The van der Waals surface area contributed by atoms with Gasteiger partial charge in [-0.15, -0.1) is 16.1 Å². The van der Waals surface area contributed by atoms with E-state index in [4.69, 9.17) is 0 Å². The molecule has 1 atom stereocenters. The van der Waals surface area contributed by atoms with Gasteiger partial charge in [0.05, 0.1) is 34.1 Å². The van der Waals surface area contributed by atoms with Crippen LogP contribution in [0.5, 0.6) is 0 Å². The lowest BCUT2D eigenvalue weighted by molar-refractivity contribution is -0.137. The van der Waals surface area contributed by atoms with E-state index in [-0.39, 0.29) is 23.1 Å². The lowest BCUT2D eigenvalue weighted by Gasteiger charge is -2.13. The second kappa shape index (κ2) is 14.3. The van der Waals surface area contributed by atoms with E-state index in [9.17, 15) is 35.8 Å². The van der Waals surface area contributed by atoms with Gasteiger partial charge in [0, 0.05) is 22.3 Å². The number of aromatic nitrogens is 2. The number of hydrogen-bond acceptors (Lipinski definition) is 8. The number of amides is 3. The largest absolute Gasteiger partial charge is 0.448 e. The fourth-order valence-corrected chi connectivity index (χ4v) is 5.11. The van der Waals surface area contributed by atoms with Gasteiger partial charge >= 0.3 is 18.3 Å². The summed E-state index contributed by atoms with van der Waals surface area (Å²) < 4.78 is 88.4. The number of thiol groups is 1. The van der Waals surface area contributed by atoms with Crippen molar-refractivity contribution in [3.63, 3.8) is 0 Å². The molecule has 3 N–H and O–H groups in total. The molecule has 0 saturated carbocycles. The Balaban J connectivity index is 1.49. The number of nitrogens with zero attached hydrogens (tertiary/aromatic N) is 3. The standard InChI is InChI=1S/C28H23F5N6O4S2/c1-3-43-27(41)39-45(42)18-6-4-5-17(13-18)35-25-34-14-19(24(38-25)44-2)15-7-10-22(21(30)11-15)36-26(40)37-23-12-16(28(31,32)33)8-9-20(23)29/h4-14,45H,3H2,1-2H3,(H,34,35,38)(H2,36,37,40). The second-order valence-electron chi connectivity index (χ2n) is 8.83. The summed E-state index contributed by atoms with van der Waals surface area (Å²) in [5, 5.41) is 7.51. The highest BCUT2D eigenvalue weighted by molar-refractivity contribution is 7.98. The predicted octanol–water partition coefficient (Wildman–Crippen LogP) is 7.73. The molecule has 0 aliphatic carbocycles. The van der Waals surface area contributed by atoms with Gasteiger partial charge in [0.25, 0.3) is 0 Å². The number of benzene rings is 3. The number of thioether (sulfide) groups is 1.